The summed E-state index contributed by atoms with van der Waals surface area (Å²) in [6, 6.07) is 2.22. The van der Waals surface area contributed by atoms with Crippen molar-refractivity contribution >= 4 is 0 Å². The van der Waals surface area contributed by atoms with Gasteiger partial charge in [-0.25, -0.2) is 0 Å². The topological polar surface area (TPSA) is 85.2 Å². The van der Waals surface area contributed by atoms with Crippen LogP contribution in [0.5, 0.6) is 5.88 Å². The number of pyridine rings is 1. The summed E-state index contributed by atoms with van der Waals surface area (Å²) in [5.74, 6) is -0.178. The summed E-state index contributed by atoms with van der Waals surface area (Å²) in [6.45, 7) is 0. The van der Waals surface area contributed by atoms with Gasteiger partial charge in [-0.1, -0.05) is 0 Å². The third-order valence-corrected chi connectivity index (χ3v) is 0.919. The van der Waals surface area contributed by atoms with Crippen LogP contribution in [0.4, 0.5) is 0 Å². The van der Waals surface area contributed by atoms with Crippen LogP contribution in [-0.4, -0.2) is 10.1 Å². The molecule has 1 N–H and O–H groups in total. The summed E-state index contributed by atoms with van der Waals surface area (Å²) in [4.78, 5) is 26.6. The molecule has 6 nitrogen and oxygen atoms in total. The number of hydrogen-bond donors (Lipinski definition) is 1. The van der Waals surface area contributed by atoms with Gasteiger partial charge >= 0.3 is 5.09 Å². The van der Waals surface area contributed by atoms with Crippen LogP contribution in [0.2, 0.25) is 0 Å². The number of aromatic amines is 1. The van der Waals surface area contributed by atoms with E-state index in [1.165, 1.54) is 12.3 Å². The molecule has 0 fully saturated rings. The number of H-pyrrole nitrogens is 1. The highest BCUT2D eigenvalue weighted by atomic mass is 17.0. The molecule has 0 saturated heterocycles. The van der Waals surface area contributed by atoms with Crippen LogP contribution in [0.15, 0.2) is 23.1 Å². The van der Waals surface area contributed by atoms with E-state index in [-0.39, 0.29) is 11.3 Å². The van der Waals surface area contributed by atoms with Gasteiger partial charge in [0.25, 0.3) is 0 Å². The highest BCUT2D eigenvalue weighted by Gasteiger charge is 1.97. The summed E-state index contributed by atoms with van der Waals surface area (Å²) in [5, 5.41) is 8.75. The SMILES string of the molecule is O=c1cc[nH]c(O[N+](=O)[O-])c1. The minimum absolute atomic E-state index is 0.178. The first-order valence-electron chi connectivity index (χ1n) is 2.69. The Morgan fingerprint density at radius 2 is 2.36 bits per heavy atom. The lowest BCUT2D eigenvalue weighted by Gasteiger charge is -1.94. The van der Waals surface area contributed by atoms with E-state index in [0.717, 1.165) is 6.07 Å². The first kappa shape index (κ1) is 7.26. The summed E-state index contributed by atoms with van der Waals surface area (Å²) in [7, 11) is 0. The van der Waals surface area contributed by atoms with Crippen molar-refractivity contribution in [1.82, 2.24) is 4.98 Å². The fourth-order valence-electron chi connectivity index (χ4n) is 0.558. The van der Waals surface area contributed by atoms with Crippen LogP contribution in [-0.2, 0) is 0 Å². The van der Waals surface area contributed by atoms with Crippen molar-refractivity contribution in [2.45, 2.75) is 0 Å². The summed E-state index contributed by atoms with van der Waals surface area (Å²) < 4.78 is 0. The van der Waals surface area contributed by atoms with Gasteiger partial charge in [-0.2, -0.15) is 0 Å². The van der Waals surface area contributed by atoms with Gasteiger partial charge in [-0.3, -0.25) is 9.63 Å². The van der Waals surface area contributed by atoms with Gasteiger partial charge in [0.1, 0.15) is 0 Å². The van der Waals surface area contributed by atoms with E-state index in [2.05, 4.69) is 9.82 Å². The Balaban J connectivity index is 2.88. The lowest BCUT2D eigenvalue weighted by molar-refractivity contribution is -0.712. The van der Waals surface area contributed by atoms with Gasteiger partial charge in [0, 0.05) is 18.3 Å². The minimum Gasteiger partial charge on any atom is -0.343 e. The van der Waals surface area contributed by atoms with Gasteiger partial charge < -0.3 is 4.98 Å². The monoisotopic (exact) mass is 156 g/mol. The van der Waals surface area contributed by atoms with E-state index in [1.807, 2.05) is 0 Å². The smallest absolute Gasteiger partial charge is 0.301 e. The molecule has 1 aromatic rings. The molecule has 0 aliphatic rings. The Hall–Kier alpha value is -1.85. The second-order valence-corrected chi connectivity index (χ2v) is 1.70. The number of nitrogens with one attached hydrogen (secondary N) is 1. The number of hydrogen-bond acceptors (Lipinski definition) is 4. The average Bonchev–Trinajstić information content (AvgIpc) is 1.85. The molecule has 1 aromatic heterocycles. The fourth-order valence-corrected chi connectivity index (χ4v) is 0.558. The maximum atomic E-state index is 10.5. The zero-order valence-electron chi connectivity index (χ0n) is 5.31. The average molecular weight is 156 g/mol. The van der Waals surface area contributed by atoms with E-state index in [9.17, 15) is 14.9 Å². The minimum atomic E-state index is -0.995. The zero-order chi connectivity index (χ0) is 8.27. The van der Waals surface area contributed by atoms with Crippen molar-refractivity contribution in [2.24, 2.45) is 0 Å². The molecule has 0 aliphatic heterocycles. The van der Waals surface area contributed by atoms with Crippen molar-refractivity contribution in [3.05, 3.63) is 38.7 Å². The Labute approximate surface area is 60.5 Å². The standard InChI is InChI=1S/C5H4N2O4/c8-4-1-2-6-5(3-4)11-7(9)10/h1-3H,(H,6,8). The summed E-state index contributed by atoms with van der Waals surface area (Å²) >= 11 is 0. The number of rotatable bonds is 2. The third-order valence-electron chi connectivity index (χ3n) is 0.919. The van der Waals surface area contributed by atoms with E-state index in [4.69, 9.17) is 0 Å². The van der Waals surface area contributed by atoms with Crippen molar-refractivity contribution in [3.63, 3.8) is 0 Å². The van der Waals surface area contributed by atoms with E-state index < -0.39 is 5.09 Å². The van der Waals surface area contributed by atoms with Gasteiger partial charge in [-0.15, -0.1) is 10.1 Å². The molecule has 0 aromatic carbocycles. The van der Waals surface area contributed by atoms with Crippen LogP contribution >= 0.6 is 0 Å². The molecule has 1 heterocycles. The predicted molar refractivity (Wildman–Crippen MR) is 34.7 cm³/mol. The van der Waals surface area contributed by atoms with Gasteiger partial charge in [0.2, 0.25) is 0 Å². The van der Waals surface area contributed by atoms with Crippen molar-refractivity contribution in [3.8, 4) is 5.88 Å². The highest BCUT2D eigenvalue weighted by molar-refractivity contribution is 5.08. The van der Waals surface area contributed by atoms with Crippen molar-refractivity contribution in [1.29, 1.82) is 0 Å². The molecule has 0 atom stereocenters. The predicted octanol–water partition coefficient (Wildman–Crippen LogP) is -0.0546. The van der Waals surface area contributed by atoms with Gasteiger partial charge in [0.05, 0.1) is 0 Å². The van der Waals surface area contributed by atoms with Crippen molar-refractivity contribution in [2.75, 3.05) is 0 Å². The largest absolute Gasteiger partial charge is 0.343 e. The molecule has 0 spiro atoms. The van der Waals surface area contributed by atoms with Gasteiger partial charge in [-0.05, 0) is 0 Å². The highest BCUT2D eigenvalue weighted by Crippen LogP contribution is 1.98. The summed E-state index contributed by atoms with van der Waals surface area (Å²) in [5.41, 5.74) is -0.347. The third kappa shape index (κ3) is 2.09. The molecule has 1 rings (SSSR count). The first-order valence-corrected chi connectivity index (χ1v) is 2.69. The maximum absolute atomic E-state index is 10.5. The molecule has 0 aliphatic carbocycles. The normalized spacial score (nSPS) is 9.09. The zero-order valence-corrected chi connectivity index (χ0v) is 5.31. The number of aromatic nitrogens is 1. The Kier molecular flexibility index (Phi) is 1.86. The van der Waals surface area contributed by atoms with Crippen molar-refractivity contribution < 1.29 is 9.92 Å². The van der Waals surface area contributed by atoms with E-state index >= 15 is 0 Å². The Morgan fingerprint density at radius 3 is 2.91 bits per heavy atom. The lowest BCUT2D eigenvalue weighted by atomic mass is 10.5. The Morgan fingerprint density at radius 1 is 1.64 bits per heavy atom. The molecule has 6 heteroatoms. The molecule has 0 saturated carbocycles. The summed E-state index contributed by atoms with van der Waals surface area (Å²) in [6.07, 6.45) is 1.27. The second-order valence-electron chi connectivity index (χ2n) is 1.70. The molecule has 0 bridgehead atoms. The van der Waals surface area contributed by atoms with Crippen LogP contribution in [0.1, 0.15) is 0 Å². The molecule has 0 radical (unpaired) electrons. The van der Waals surface area contributed by atoms with Crippen LogP contribution in [0.25, 0.3) is 0 Å². The molecule has 0 unspecified atom stereocenters. The quantitative estimate of drug-likeness (QED) is 0.480. The second kappa shape index (κ2) is 2.82. The maximum Gasteiger partial charge on any atom is 0.301 e. The number of nitrogens with zero attached hydrogens (tertiary/aromatic N) is 1. The molecule has 58 valence electrons. The Bertz CT molecular complexity index is 318. The van der Waals surface area contributed by atoms with Crippen LogP contribution < -0.4 is 10.3 Å². The van der Waals surface area contributed by atoms with E-state index in [1.54, 1.807) is 0 Å². The van der Waals surface area contributed by atoms with Crippen LogP contribution in [0, 0.1) is 10.1 Å². The molecule has 0 amide bonds. The molecular formula is C5H4N2O4. The van der Waals surface area contributed by atoms with Crippen LogP contribution in [0.3, 0.4) is 0 Å². The van der Waals surface area contributed by atoms with E-state index in [0.29, 0.717) is 0 Å². The van der Waals surface area contributed by atoms with Gasteiger partial charge in [0.15, 0.2) is 11.3 Å². The first-order chi connectivity index (χ1) is 5.18. The molecular weight excluding hydrogens is 152 g/mol. The lowest BCUT2D eigenvalue weighted by Crippen LogP contribution is -2.07. The fraction of sp³-hybridized carbons (Fsp3) is 0. The molecule has 11 heavy (non-hydrogen) atoms.